The molecule has 10 aromatic rings. The predicted octanol–water partition coefficient (Wildman–Crippen LogP) is 10.1. The molecule has 64 heavy (non-hydrogen) atoms. The number of carbonyl (C=O) groups excluding carboxylic acids is 8. The largest absolute Gasteiger partial charge is 0.288 e. The van der Waals surface area contributed by atoms with Crippen LogP contribution in [0.4, 0.5) is 0 Å². The van der Waals surface area contributed by atoms with E-state index in [1.807, 2.05) is 24.3 Å². The molecule has 0 bridgehead atoms. The van der Waals surface area contributed by atoms with Crippen LogP contribution in [0, 0.1) is 0 Å². The molecule has 12 nitrogen and oxygen atoms in total. The van der Waals surface area contributed by atoms with Gasteiger partial charge >= 0.3 is 0 Å². The molecule has 14 rings (SSSR count). The van der Waals surface area contributed by atoms with Gasteiger partial charge in [0.25, 0.3) is 47.3 Å². The van der Waals surface area contributed by atoms with E-state index in [1.54, 1.807) is 48.5 Å². The van der Waals surface area contributed by atoms with Gasteiger partial charge in [-0.2, -0.15) is 0 Å². The van der Waals surface area contributed by atoms with Gasteiger partial charge in [-0.3, -0.25) is 59.6 Å². The number of benzene rings is 10. The summed E-state index contributed by atoms with van der Waals surface area (Å²) in [5.41, 5.74) is 3.44. The number of fused-ring (bicyclic) bond motifs is 4. The van der Waals surface area contributed by atoms with Gasteiger partial charge in [-0.05, 0) is 70.1 Å². The van der Waals surface area contributed by atoms with E-state index in [-0.39, 0.29) is 0 Å². The number of halogens is 4. The molecule has 10 aromatic carbocycles. The third-order valence-electron chi connectivity index (χ3n) is 12.9. The van der Waals surface area contributed by atoms with Crippen LogP contribution in [0.15, 0.2) is 90.7 Å². The van der Waals surface area contributed by atoms with Gasteiger partial charge in [-0.1, -0.05) is 88.0 Å². The lowest BCUT2D eigenvalue weighted by molar-refractivity contribution is 0.0828. The fourth-order valence-corrected chi connectivity index (χ4v) is 13.0. The van der Waals surface area contributed by atoms with E-state index in [9.17, 15) is 38.4 Å². The van der Waals surface area contributed by atoms with Gasteiger partial charge in [0, 0.05) is 127 Å². The van der Waals surface area contributed by atoms with Crippen LogP contribution in [0.5, 0.6) is 0 Å². The summed E-state index contributed by atoms with van der Waals surface area (Å²) in [4.78, 5) is 101. The summed E-state index contributed by atoms with van der Waals surface area (Å²) in [6, 6.07) is 21.2. The minimum absolute atomic E-state index is 0.423. The average Bonchev–Trinajstić information content (AvgIpc) is 3.26. The van der Waals surface area contributed by atoms with Crippen molar-refractivity contribution in [2.24, 2.45) is 0 Å². The highest BCUT2D eigenvalue weighted by molar-refractivity contribution is 9.11. The molecule has 304 valence electrons. The lowest BCUT2D eigenvalue weighted by atomic mass is 9.82. The Kier molecular flexibility index (Phi) is 7.39. The molecule has 0 radical (unpaired) electrons. The quantitative estimate of drug-likeness (QED) is 0.0657. The zero-order valence-electron chi connectivity index (χ0n) is 31.7. The number of amides is 8. The Morgan fingerprint density at radius 2 is 0.422 bits per heavy atom. The normalized spacial score (nSPS) is 15.3. The number of hydrogen-bond acceptors (Lipinski definition) is 8. The Hall–Kier alpha value is -6.72. The predicted molar refractivity (Wildman–Crippen MR) is 253 cm³/mol. The van der Waals surface area contributed by atoms with Crippen LogP contribution in [0.3, 0.4) is 0 Å². The summed E-state index contributed by atoms with van der Waals surface area (Å²) >= 11 is 14.5. The summed E-state index contributed by atoms with van der Waals surface area (Å²) in [6.45, 7) is 0. The number of hydrogen-bond donors (Lipinski definition) is 4. The fourth-order valence-electron chi connectivity index (χ4n) is 10.4. The van der Waals surface area contributed by atoms with Crippen molar-refractivity contribution in [2.75, 3.05) is 0 Å². The summed E-state index contributed by atoms with van der Waals surface area (Å²) in [5, 5.41) is 21.8. The maximum absolute atomic E-state index is 12.6. The number of carbonyl (C=O) groups is 8. The summed E-state index contributed by atoms with van der Waals surface area (Å²) in [7, 11) is 0. The molecule has 4 N–H and O–H groups in total. The molecule has 16 heteroatoms. The topological polar surface area (TPSA) is 185 Å². The maximum Gasteiger partial charge on any atom is 0.258 e. The van der Waals surface area contributed by atoms with Crippen molar-refractivity contribution < 1.29 is 38.4 Å². The second-order valence-electron chi connectivity index (χ2n) is 15.9. The fraction of sp³-hybridized carbons (Fsp3) is 0. The van der Waals surface area contributed by atoms with E-state index < -0.39 is 47.3 Å². The van der Waals surface area contributed by atoms with Crippen LogP contribution in [-0.2, 0) is 0 Å². The molecule has 0 saturated carbocycles. The SMILES string of the molecule is O=C1NC(=O)c2cc(Br)c3c4ccc5c6c(cc(Br)c(c7ccc1c2c73)c64)C(=O)NC5=O.O=C1NC(=O)c2cc(Br)c3c4ccc5c6c(cc(Br)c(c7ccc1c2c73)c64)C(=O)NC5=O. The highest BCUT2D eigenvalue weighted by atomic mass is 79.9. The molecule has 4 heterocycles. The van der Waals surface area contributed by atoms with Crippen molar-refractivity contribution >= 4 is 197 Å². The van der Waals surface area contributed by atoms with Crippen molar-refractivity contribution in [3.05, 3.63) is 135 Å². The first-order chi connectivity index (χ1) is 30.7. The van der Waals surface area contributed by atoms with Gasteiger partial charge in [0.15, 0.2) is 0 Å². The first-order valence-corrected chi connectivity index (χ1v) is 22.5. The standard InChI is InChI=1S/2C24H8Br2N2O4/c2*25-13-5-12-16-10(22(30)28-24(12)32)4-2-8-18-14(26)6-11-15-9(21(29)27-23(11)31)3-1-7(19(15)18)17(13)20(8)16/h2*1-6H,(H,27,29,31)(H,28,30,32). The molecule has 0 unspecified atom stereocenters. The Morgan fingerprint density at radius 3 is 0.625 bits per heavy atom. The minimum atomic E-state index is -0.440. The minimum Gasteiger partial charge on any atom is -0.288 e. The first-order valence-electron chi connectivity index (χ1n) is 19.3. The second kappa shape index (κ2) is 12.5. The highest BCUT2D eigenvalue weighted by Gasteiger charge is 2.35. The van der Waals surface area contributed by atoms with Crippen LogP contribution < -0.4 is 21.3 Å². The van der Waals surface area contributed by atoms with Crippen molar-refractivity contribution in [3.63, 3.8) is 0 Å². The number of rotatable bonds is 0. The van der Waals surface area contributed by atoms with Crippen LogP contribution >= 0.6 is 63.7 Å². The van der Waals surface area contributed by atoms with Crippen molar-refractivity contribution in [1.29, 1.82) is 0 Å². The molecule has 0 spiro atoms. The van der Waals surface area contributed by atoms with E-state index in [0.29, 0.717) is 83.9 Å². The third kappa shape index (κ3) is 4.55. The van der Waals surface area contributed by atoms with Gasteiger partial charge in [0.05, 0.1) is 0 Å². The van der Waals surface area contributed by atoms with Gasteiger partial charge < -0.3 is 0 Å². The summed E-state index contributed by atoms with van der Waals surface area (Å²) < 4.78 is 2.77. The maximum atomic E-state index is 12.6. The van der Waals surface area contributed by atoms with Crippen LogP contribution in [-0.4, -0.2) is 47.3 Å². The van der Waals surface area contributed by atoms with Crippen molar-refractivity contribution in [2.45, 2.75) is 0 Å². The van der Waals surface area contributed by atoms with Gasteiger partial charge in [-0.25, -0.2) is 0 Å². The van der Waals surface area contributed by atoms with E-state index in [1.165, 1.54) is 0 Å². The summed E-state index contributed by atoms with van der Waals surface area (Å²) in [5.74, 6) is -3.49. The molecule has 0 saturated heterocycles. The smallest absolute Gasteiger partial charge is 0.258 e. The van der Waals surface area contributed by atoms with Gasteiger partial charge in [-0.15, -0.1) is 0 Å². The molecule has 0 fully saturated rings. The molecule has 0 aliphatic carbocycles. The molecule has 4 aliphatic heterocycles. The number of nitrogens with one attached hydrogen (secondary N) is 4. The molecule has 0 aromatic heterocycles. The third-order valence-corrected chi connectivity index (χ3v) is 15.4. The van der Waals surface area contributed by atoms with Gasteiger partial charge in [0.2, 0.25) is 0 Å². The molecule has 4 aliphatic rings. The van der Waals surface area contributed by atoms with E-state index in [0.717, 1.165) is 64.6 Å². The Morgan fingerprint density at radius 1 is 0.234 bits per heavy atom. The van der Waals surface area contributed by atoms with Gasteiger partial charge in [0.1, 0.15) is 0 Å². The zero-order valence-corrected chi connectivity index (χ0v) is 38.1. The van der Waals surface area contributed by atoms with Crippen LogP contribution in [0.1, 0.15) is 82.9 Å². The van der Waals surface area contributed by atoms with E-state index in [2.05, 4.69) is 85.0 Å². The van der Waals surface area contributed by atoms with Crippen molar-refractivity contribution in [1.82, 2.24) is 21.3 Å². The zero-order chi connectivity index (χ0) is 44.1. The lowest BCUT2D eigenvalue weighted by Gasteiger charge is -2.25. The molecular weight excluding hydrogens is 1080 g/mol. The Labute approximate surface area is 389 Å². The number of imide groups is 4. The Bertz CT molecular complexity index is 3650. The first kappa shape index (κ1) is 37.8. The highest BCUT2D eigenvalue weighted by Crippen LogP contribution is 2.51. The lowest BCUT2D eigenvalue weighted by Crippen LogP contribution is -2.35. The summed E-state index contributed by atoms with van der Waals surface area (Å²) in [6.07, 6.45) is 0. The molecule has 0 atom stereocenters. The molecule has 8 amide bonds. The van der Waals surface area contributed by atoms with E-state index in [4.69, 9.17) is 0 Å². The van der Waals surface area contributed by atoms with Crippen molar-refractivity contribution in [3.8, 4) is 0 Å². The molecular formula is C48H16Br4N4O8. The van der Waals surface area contributed by atoms with Crippen LogP contribution in [0.2, 0.25) is 0 Å². The monoisotopic (exact) mass is 1090 g/mol. The Balaban J connectivity index is 0.000000129. The second-order valence-corrected chi connectivity index (χ2v) is 19.3. The van der Waals surface area contributed by atoms with Crippen LogP contribution in [0.25, 0.3) is 86.2 Å². The van der Waals surface area contributed by atoms with E-state index >= 15 is 0 Å². The average molecular weight is 1100 g/mol.